The molecule has 94 valence electrons. The van der Waals surface area contributed by atoms with Gasteiger partial charge in [-0.15, -0.1) is 11.3 Å². The van der Waals surface area contributed by atoms with E-state index in [0.29, 0.717) is 18.1 Å². The Morgan fingerprint density at radius 2 is 2.39 bits per heavy atom. The molecule has 0 atom stereocenters. The Bertz CT molecular complexity index is 584. The van der Waals surface area contributed by atoms with Gasteiger partial charge in [-0.25, -0.2) is 9.97 Å². The van der Waals surface area contributed by atoms with E-state index in [1.54, 1.807) is 11.6 Å². The quantitative estimate of drug-likeness (QED) is 0.906. The largest absolute Gasteiger partial charge is 0.325 e. The summed E-state index contributed by atoms with van der Waals surface area (Å²) in [6, 6.07) is 1.88. The van der Waals surface area contributed by atoms with Gasteiger partial charge in [-0.1, -0.05) is 0 Å². The fourth-order valence-corrected chi connectivity index (χ4v) is 2.45. The second-order valence-corrected chi connectivity index (χ2v) is 5.46. The molecule has 0 aliphatic heterocycles. The van der Waals surface area contributed by atoms with Crippen molar-refractivity contribution >= 4 is 39.0 Å². The number of carbonyl (C=O) groups is 1. The van der Waals surface area contributed by atoms with Crippen LogP contribution >= 0.6 is 27.3 Å². The van der Waals surface area contributed by atoms with Crippen LogP contribution in [-0.2, 0) is 6.54 Å². The predicted molar refractivity (Wildman–Crippen MR) is 74.6 cm³/mol. The molecule has 2 heterocycles. The zero-order chi connectivity index (χ0) is 13.1. The number of carbonyl (C=O) groups excluding carboxylic acids is 1. The third kappa shape index (κ3) is 2.92. The van der Waals surface area contributed by atoms with E-state index in [2.05, 4.69) is 31.2 Å². The number of amides is 1. The monoisotopic (exact) mass is 326 g/mol. The molecule has 3 N–H and O–H groups in total. The summed E-state index contributed by atoms with van der Waals surface area (Å²) in [6.07, 6.45) is 1.63. The molecule has 0 fully saturated rings. The predicted octanol–water partition coefficient (Wildman–Crippen LogP) is 2.32. The molecule has 18 heavy (non-hydrogen) atoms. The summed E-state index contributed by atoms with van der Waals surface area (Å²) in [4.78, 5) is 20.2. The van der Waals surface area contributed by atoms with Gasteiger partial charge in [-0.3, -0.25) is 4.79 Å². The lowest BCUT2D eigenvalue weighted by Crippen LogP contribution is -2.14. The number of pyridine rings is 1. The topological polar surface area (TPSA) is 80.9 Å². The van der Waals surface area contributed by atoms with Gasteiger partial charge in [-0.05, 0) is 34.5 Å². The van der Waals surface area contributed by atoms with E-state index >= 15 is 0 Å². The van der Waals surface area contributed by atoms with Gasteiger partial charge >= 0.3 is 0 Å². The van der Waals surface area contributed by atoms with E-state index in [9.17, 15) is 4.79 Å². The molecule has 0 bridgehead atoms. The Morgan fingerprint density at radius 3 is 3.00 bits per heavy atom. The first-order valence-electron chi connectivity index (χ1n) is 5.18. The molecule has 2 aromatic rings. The number of nitrogens with one attached hydrogen (secondary N) is 1. The van der Waals surface area contributed by atoms with E-state index in [0.717, 1.165) is 15.0 Å². The molecule has 7 heteroatoms. The molecule has 1 amide bonds. The van der Waals surface area contributed by atoms with Gasteiger partial charge in [0, 0.05) is 22.6 Å². The third-order valence-corrected chi connectivity index (χ3v) is 3.54. The van der Waals surface area contributed by atoms with Crippen molar-refractivity contribution in [2.45, 2.75) is 13.5 Å². The number of anilines is 1. The van der Waals surface area contributed by atoms with E-state index in [1.165, 1.54) is 11.3 Å². The molecular weight excluding hydrogens is 316 g/mol. The van der Waals surface area contributed by atoms with Crippen LogP contribution in [0.1, 0.15) is 21.1 Å². The number of thiazole rings is 1. The summed E-state index contributed by atoms with van der Waals surface area (Å²) in [5.41, 5.74) is 6.70. The molecule has 0 radical (unpaired) electrons. The maximum absolute atomic E-state index is 11.9. The van der Waals surface area contributed by atoms with Crippen molar-refractivity contribution in [3.63, 3.8) is 0 Å². The van der Waals surface area contributed by atoms with Crippen molar-refractivity contribution < 1.29 is 4.79 Å². The van der Waals surface area contributed by atoms with E-state index in [1.807, 2.05) is 13.0 Å². The lowest BCUT2D eigenvalue weighted by atomic mass is 10.3. The Morgan fingerprint density at radius 1 is 1.61 bits per heavy atom. The van der Waals surface area contributed by atoms with Crippen LogP contribution in [0.2, 0.25) is 0 Å². The molecule has 0 saturated carbocycles. The van der Waals surface area contributed by atoms with Crippen molar-refractivity contribution in [1.82, 2.24) is 9.97 Å². The second-order valence-electron chi connectivity index (χ2n) is 3.60. The van der Waals surface area contributed by atoms with Gasteiger partial charge in [0.2, 0.25) is 0 Å². The molecular formula is C11H11BrN4OS. The van der Waals surface area contributed by atoms with Crippen LogP contribution in [0.4, 0.5) is 5.82 Å². The van der Waals surface area contributed by atoms with Gasteiger partial charge in [0.25, 0.3) is 5.91 Å². The van der Waals surface area contributed by atoms with Crippen molar-refractivity contribution in [3.05, 3.63) is 38.4 Å². The highest BCUT2D eigenvalue weighted by atomic mass is 79.9. The van der Waals surface area contributed by atoms with Crippen molar-refractivity contribution in [1.29, 1.82) is 0 Å². The number of nitrogens with two attached hydrogens (primary N) is 1. The zero-order valence-electron chi connectivity index (χ0n) is 9.61. The van der Waals surface area contributed by atoms with Crippen LogP contribution in [0.5, 0.6) is 0 Å². The van der Waals surface area contributed by atoms with Crippen molar-refractivity contribution in [2.24, 2.45) is 5.73 Å². The smallest absolute Gasteiger partial charge is 0.276 e. The molecule has 0 aromatic carbocycles. The lowest BCUT2D eigenvalue weighted by molar-refractivity contribution is 0.102. The van der Waals surface area contributed by atoms with Crippen LogP contribution in [0, 0.1) is 6.92 Å². The number of rotatable bonds is 3. The van der Waals surface area contributed by atoms with E-state index in [4.69, 9.17) is 5.73 Å². The SMILES string of the molecule is Cc1cc(Br)cnc1NC(=O)c1csc(CN)n1. The summed E-state index contributed by atoms with van der Waals surface area (Å²) in [5, 5.41) is 5.15. The number of nitrogens with zero attached hydrogens (tertiary/aromatic N) is 2. The molecule has 2 aromatic heterocycles. The molecule has 0 aliphatic rings. The molecule has 0 unspecified atom stereocenters. The molecule has 2 rings (SSSR count). The fraction of sp³-hybridized carbons (Fsp3) is 0.182. The summed E-state index contributed by atoms with van der Waals surface area (Å²) in [7, 11) is 0. The highest BCUT2D eigenvalue weighted by Gasteiger charge is 2.12. The second kappa shape index (κ2) is 5.55. The first-order chi connectivity index (χ1) is 8.60. The lowest BCUT2D eigenvalue weighted by Gasteiger charge is -2.05. The average Bonchev–Trinajstić information content (AvgIpc) is 2.81. The standard InChI is InChI=1S/C11H11BrN4OS/c1-6-2-7(12)4-14-10(6)16-11(17)8-5-18-9(3-13)15-8/h2,4-5H,3,13H2,1H3,(H,14,16,17). The van der Waals surface area contributed by atoms with Gasteiger partial charge < -0.3 is 11.1 Å². The molecule has 0 spiro atoms. The average molecular weight is 327 g/mol. The van der Waals surface area contributed by atoms with Gasteiger partial charge in [0.1, 0.15) is 16.5 Å². The van der Waals surface area contributed by atoms with E-state index < -0.39 is 0 Å². The minimum atomic E-state index is -0.274. The number of halogens is 1. The van der Waals surface area contributed by atoms with Crippen LogP contribution in [0.25, 0.3) is 0 Å². The van der Waals surface area contributed by atoms with Gasteiger partial charge in [0.15, 0.2) is 0 Å². The van der Waals surface area contributed by atoms with Crippen LogP contribution < -0.4 is 11.1 Å². The van der Waals surface area contributed by atoms with Crippen LogP contribution in [-0.4, -0.2) is 15.9 Å². The third-order valence-electron chi connectivity index (χ3n) is 2.24. The van der Waals surface area contributed by atoms with Gasteiger partial charge in [-0.2, -0.15) is 0 Å². The number of hydrogen-bond acceptors (Lipinski definition) is 5. The number of aromatic nitrogens is 2. The minimum Gasteiger partial charge on any atom is -0.325 e. The maximum Gasteiger partial charge on any atom is 0.276 e. The zero-order valence-corrected chi connectivity index (χ0v) is 12.0. The van der Waals surface area contributed by atoms with Crippen LogP contribution in [0.15, 0.2) is 22.1 Å². The summed E-state index contributed by atoms with van der Waals surface area (Å²) in [5.74, 6) is 0.259. The first kappa shape index (κ1) is 13.1. The number of aryl methyl sites for hydroxylation is 1. The maximum atomic E-state index is 11.9. The van der Waals surface area contributed by atoms with Crippen molar-refractivity contribution in [3.8, 4) is 0 Å². The summed E-state index contributed by atoms with van der Waals surface area (Å²) < 4.78 is 0.872. The van der Waals surface area contributed by atoms with Gasteiger partial charge in [0.05, 0.1) is 0 Å². The highest BCUT2D eigenvalue weighted by molar-refractivity contribution is 9.10. The Kier molecular flexibility index (Phi) is 4.05. The molecule has 0 aliphatic carbocycles. The fourth-order valence-electron chi connectivity index (χ4n) is 1.35. The molecule has 5 nitrogen and oxygen atoms in total. The Labute approximate surface area is 117 Å². The van der Waals surface area contributed by atoms with E-state index in [-0.39, 0.29) is 5.91 Å². The Balaban J connectivity index is 2.16. The normalized spacial score (nSPS) is 10.4. The summed E-state index contributed by atoms with van der Waals surface area (Å²) in [6.45, 7) is 2.22. The van der Waals surface area contributed by atoms with Crippen LogP contribution in [0.3, 0.4) is 0 Å². The minimum absolute atomic E-state index is 0.274. The highest BCUT2D eigenvalue weighted by Crippen LogP contribution is 2.18. The Hall–Kier alpha value is -1.31. The number of hydrogen-bond donors (Lipinski definition) is 2. The van der Waals surface area contributed by atoms with Crippen molar-refractivity contribution in [2.75, 3.05) is 5.32 Å². The summed E-state index contributed by atoms with van der Waals surface area (Å²) >= 11 is 4.69. The molecule has 0 saturated heterocycles. The first-order valence-corrected chi connectivity index (χ1v) is 6.85.